The summed E-state index contributed by atoms with van der Waals surface area (Å²) in [7, 11) is 3.75. The molecule has 9 nitrogen and oxygen atoms in total. The van der Waals surface area contributed by atoms with Crippen LogP contribution in [0.2, 0.25) is 5.02 Å². The predicted octanol–water partition coefficient (Wildman–Crippen LogP) is 2.39. The van der Waals surface area contributed by atoms with Gasteiger partial charge in [-0.15, -0.1) is 0 Å². The van der Waals surface area contributed by atoms with Crippen LogP contribution in [0.5, 0.6) is 5.75 Å². The highest BCUT2D eigenvalue weighted by Crippen LogP contribution is 2.35. The summed E-state index contributed by atoms with van der Waals surface area (Å²) in [6.07, 6.45) is 0. The summed E-state index contributed by atoms with van der Waals surface area (Å²) in [6.45, 7) is -0.243. The van der Waals surface area contributed by atoms with Gasteiger partial charge in [0.25, 0.3) is 11.6 Å². The number of non-ortho nitro benzene ring substituents is 1. The van der Waals surface area contributed by atoms with Gasteiger partial charge in [-0.2, -0.15) is 0 Å². The van der Waals surface area contributed by atoms with Crippen molar-refractivity contribution in [2.75, 3.05) is 38.7 Å². The van der Waals surface area contributed by atoms with Crippen LogP contribution in [0.25, 0.3) is 0 Å². The van der Waals surface area contributed by atoms with Crippen LogP contribution in [0.4, 0.5) is 11.4 Å². The number of hydrogen-bond acceptors (Lipinski definition) is 6. The fraction of sp³-hybridized carbons (Fsp3) is 0.300. The maximum absolute atomic E-state index is 12.6. The summed E-state index contributed by atoms with van der Waals surface area (Å²) >= 11 is 6.29. The molecule has 1 heterocycles. The van der Waals surface area contributed by atoms with Gasteiger partial charge in [-0.3, -0.25) is 24.6 Å². The molecular weight excluding hydrogens is 412 g/mol. The fourth-order valence-corrected chi connectivity index (χ4v) is 3.47. The molecule has 1 N–H and O–H groups in total. The fourth-order valence-electron chi connectivity index (χ4n) is 3.20. The Kier molecular flexibility index (Phi) is 6.53. The van der Waals surface area contributed by atoms with Crippen molar-refractivity contribution in [1.29, 1.82) is 0 Å². The number of nitro groups is 1. The van der Waals surface area contributed by atoms with Gasteiger partial charge in [-0.05, 0) is 31.8 Å². The minimum absolute atomic E-state index is 0.170. The molecule has 1 atom stereocenters. The van der Waals surface area contributed by atoms with E-state index in [-0.39, 0.29) is 37.1 Å². The first-order chi connectivity index (χ1) is 14.3. The van der Waals surface area contributed by atoms with Gasteiger partial charge in [0.1, 0.15) is 12.3 Å². The largest absolute Gasteiger partial charge is 0.482 e. The number of anilines is 1. The Balaban J connectivity index is 1.73. The third-order valence-corrected chi connectivity index (χ3v) is 5.12. The number of nitro benzene ring substituents is 1. The number of fused-ring (bicyclic) bond motifs is 1. The second-order valence-electron chi connectivity index (χ2n) is 6.98. The van der Waals surface area contributed by atoms with Crippen LogP contribution >= 0.6 is 11.6 Å². The average Bonchev–Trinajstić information content (AvgIpc) is 2.71. The van der Waals surface area contributed by atoms with E-state index in [9.17, 15) is 19.7 Å². The molecule has 0 aromatic heterocycles. The number of ether oxygens (including phenoxy) is 1. The van der Waals surface area contributed by atoms with Crippen molar-refractivity contribution < 1.29 is 19.2 Å². The Hall–Kier alpha value is -3.17. The SMILES string of the molecule is CN(C)C(CNC(=O)CN1C(=O)COc2ccc([N+](=O)[O-])cc21)c1ccccc1Cl. The van der Waals surface area contributed by atoms with Crippen molar-refractivity contribution in [3.05, 3.63) is 63.2 Å². The number of carbonyl (C=O) groups excluding carboxylic acids is 2. The van der Waals surface area contributed by atoms with E-state index in [2.05, 4.69) is 5.32 Å². The van der Waals surface area contributed by atoms with Gasteiger partial charge in [0.15, 0.2) is 6.61 Å². The number of nitrogens with zero attached hydrogens (tertiary/aromatic N) is 3. The molecule has 3 rings (SSSR count). The molecule has 0 spiro atoms. The molecule has 2 amide bonds. The molecule has 0 radical (unpaired) electrons. The molecule has 0 fully saturated rings. The molecule has 2 aromatic carbocycles. The number of nitrogens with one attached hydrogen (secondary N) is 1. The molecule has 30 heavy (non-hydrogen) atoms. The summed E-state index contributed by atoms with van der Waals surface area (Å²) in [4.78, 5) is 38.5. The zero-order chi connectivity index (χ0) is 21.8. The van der Waals surface area contributed by atoms with Crippen molar-refractivity contribution in [2.24, 2.45) is 0 Å². The molecular formula is C20H21ClN4O5. The lowest BCUT2D eigenvalue weighted by Gasteiger charge is -2.29. The first-order valence-electron chi connectivity index (χ1n) is 9.17. The molecule has 0 saturated heterocycles. The number of hydrogen-bond donors (Lipinski definition) is 1. The van der Waals surface area contributed by atoms with Crippen molar-refractivity contribution in [3.8, 4) is 5.75 Å². The predicted molar refractivity (Wildman–Crippen MR) is 112 cm³/mol. The lowest BCUT2D eigenvalue weighted by molar-refractivity contribution is -0.384. The maximum atomic E-state index is 12.6. The third-order valence-electron chi connectivity index (χ3n) is 4.78. The molecule has 0 saturated carbocycles. The zero-order valence-corrected chi connectivity index (χ0v) is 17.3. The monoisotopic (exact) mass is 432 g/mol. The van der Waals surface area contributed by atoms with Crippen LogP contribution in [0.1, 0.15) is 11.6 Å². The number of rotatable bonds is 7. The Bertz CT molecular complexity index is 981. The second-order valence-corrected chi connectivity index (χ2v) is 7.39. The molecule has 2 aromatic rings. The summed E-state index contributed by atoms with van der Waals surface area (Å²) in [5.41, 5.74) is 0.877. The molecule has 0 bridgehead atoms. The quantitative estimate of drug-likeness (QED) is 0.532. The molecule has 1 aliphatic heterocycles. The molecule has 158 valence electrons. The normalized spacial score (nSPS) is 14.1. The first-order valence-corrected chi connectivity index (χ1v) is 9.55. The van der Waals surface area contributed by atoms with E-state index in [0.717, 1.165) is 5.56 Å². The van der Waals surface area contributed by atoms with Crippen molar-refractivity contribution in [2.45, 2.75) is 6.04 Å². The number of benzene rings is 2. The summed E-state index contributed by atoms with van der Waals surface area (Å²) in [6, 6.07) is 11.1. The van der Waals surface area contributed by atoms with E-state index in [1.807, 2.05) is 37.2 Å². The van der Waals surface area contributed by atoms with Crippen LogP contribution in [0.15, 0.2) is 42.5 Å². The zero-order valence-electron chi connectivity index (χ0n) is 16.5. The Morgan fingerprint density at radius 2 is 2.07 bits per heavy atom. The number of likely N-dealkylation sites (N-methyl/N-ethyl adjacent to an activating group) is 1. The highest BCUT2D eigenvalue weighted by molar-refractivity contribution is 6.31. The van der Waals surface area contributed by atoms with E-state index in [0.29, 0.717) is 10.8 Å². The minimum atomic E-state index is -0.567. The van der Waals surface area contributed by atoms with Crippen LogP contribution in [-0.4, -0.2) is 55.4 Å². The highest BCUT2D eigenvalue weighted by atomic mass is 35.5. The van der Waals surface area contributed by atoms with Gasteiger partial charge in [-0.25, -0.2) is 0 Å². The number of halogens is 1. The van der Waals surface area contributed by atoms with Gasteiger partial charge in [-0.1, -0.05) is 29.8 Å². The van der Waals surface area contributed by atoms with Crippen LogP contribution in [0.3, 0.4) is 0 Å². The van der Waals surface area contributed by atoms with Gasteiger partial charge < -0.3 is 15.0 Å². The van der Waals surface area contributed by atoms with Gasteiger partial charge in [0.05, 0.1) is 16.7 Å². The number of amides is 2. The van der Waals surface area contributed by atoms with Gasteiger partial charge in [0, 0.05) is 23.7 Å². The molecule has 10 heteroatoms. The Labute approximate surface area is 178 Å². The summed E-state index contributed by atoms with van der Waals surface area (Å²) < 4.78 is 5.32. The minimum Gasteiger partial charge on any atom is -0.482 e. The Morgan fingerprint density at radius 1 is 1.33 bits per heavy atom. The van der Waals surface area contributed by atoms with E-state index in [4.69, 9.17) is 16.3 Å². The smallest absolute Gasteiger partial charge is 0.271 e. The van der Waals surface area contributed by atoms with E-state index >= 15 is 0 Å². The number of carbonyl (C=O) groups is 2. The Morgan fingerprint density at radius 3 is 2.73 bits per heavy atom. The van der Waals surface area contributed by atoms with Crippen LogP contribution in [0, 0.1) is 10.1 Å². The standard InChI is InChI=1S/C20H21ClN4O5/c1-23(2)17(14-5-3-4-6-15(14)21)10-22-19(26)11-24-16-9-13(25(28)29)7-8-18(16)30-12-20(24)27/h3-9,17H,10-12H2,1-2H3,(H,22,26). The lowest BCUT2D eigenvalue weighted by atomic mass is 10.1. The van der Waals surface area contributed by atoms with Crippen LogP contribution in [-0.2, 0) is 9.59 Å². The highest BCUT2D eigenvalue weighted by Gasteiger charge is 2.29. The lowest BCUT2D eigenvalue weighted by Crippen LogP contribution is -2.46. The molecule has 0 aliphatic carbocycles. The van der Waals surface area contributed by atoms with Gasteiger partial charge >= 0.3 is 0 Å². The van der Waals surface area contributed by atoms with Crippen molar-refractivity contribution in [3.63, 3.8) is 0 Å². The maximum Gasteiger partial charge on any atom is 0.271 e. The van der Waals surface area contributed by atoms with Gasteiger partial charge in [0.2, 0.25) is 5.91 Å². The molecule has 1 aliphatic rings. The van der Waals surface area contributed by atoms with Crippen molar-refractivity contribution >= 4 is 34.8 Å². The third kappa shape index (κ3) is 4.69. The molecule has 1 unspecified atom stereocenters. The summed E-state index contributed by atoms with van der Waals surface area (Å²) in [5, 5.41) is 14.5. The van der Waals surface area contributed by atoms with Crippen LogP contribution < -0.4 is 15.0 Å². The summed E-state index contributed by atoms with van der Waals surface area (Å²) in [5.74, 6) is -0.537. The van der Waals surface area contributed by atoms with E-state index in [1.54, 1.807) is 6.07 Å². The topological polar surface area (TPSA) is 105 Å². The first kappa shape index (κ1) is 21.5. The van der Waals surface area contributed by atoms with E-state index < -0.39 is 16.7 Å². The van der Waals surface area contributed by atoms with Crippen molar-refractivity contribution in [1.82, 2.24) is 10.2 Å². The second kappa shape index (κ2) is 9.10. The van der Waals surface area contributed by atoms with E-state index in [1.165, 1.54) is 23.1 Å². The average molecular weight is 433 g/mol.